The summed E-state index contributed by atoms with van der Waals surface area (Å²) in [6, 6.07) is 2.10. The van der Waals surface area contributed by atoms with E-state index in [1.54, 1.807) is 0 Å². The van der Waals surface area contributed by atoms with Gasteiger partial charge in [0, 0.05) is 12.1 Å². The SMILES string of the molecule is CCCNCc1ccoc1CN1CCCCC1. The predicted octanol–water partition coefficient (Wildman–Crippen LogP) is 2.77. The lowest BCUT2D eigenvalue weighted by Crippen LogP contribution is -2.29. The highest BCUT2D eigenvalue weighted by atomic mass is 16.3. The van der Waals surface area contributed by atoms with Gasteiger partial charge in [0.15, 0.2) is 0 Å². The van der Waals surface area contributed by atoms with Crippen LogP contribution in [-0.2, 0) is 13.1 Å². The van der Waals surface area contributed by atoms with E-state index >= 15 is 0 Å². The molecule has 3 heteroatoms. The minimum atomic E-state index is 0.938. The van der Waals surface area contributed by atoms with Crippen LogP contribution in [0.2, 0.25) is 0 Å². The molecule has 1 saturated heterocycles. The minimum absolute atomic E-state index is 0.938. The van der Waals surface area contributed by atoms with Gasteiger partial charge in [-0.1, -0.05) is 13.3 Å². The maximum Gasteiger partial charge on any atom is 0.122 e. The Morgan fingerprint density at radius 1 is 1.29 bits per heavy atom. The van der Waals surface area contributed by atoms with Gasteiger partial charge in [-0.05, 0) is 45.0 Å². The van der Waals surface area contributed by atoms with Gasteiger partial charge in [-0.2, -0.15) is 0 Å². The van der Waals surface area contributed by atoms with Crippen molar-refractivity contribution < 1.29 is 4.42 Å². The van der Waals surface area contributed by atoms with Crippen LogP contribution in [0.15, 0.2) is 16.7 Å². The van der Waals surface area contributed by atoms with Crippen LogP contribution in [0, 0.1) is 0 Å². The van der Waals surface area contributed by atoms with Crippen LogP contribution in [0.5, 0.6) is 0 Å². The first-order valence-electron chi connectivity index (χ1n) is 6.88. The Bertz CT molecular complexity index is 316. The molecule has 1 fully saturated rings. The lowest BCUT2D eigenvalue weighted by atomic mass is 10.1. The van der Waals surface area contributed by atoms with Crippen LogP contribution in [0.1, 0.15) is 43.9 Å². The molecular formula is C14H24N2O. The maximum atomic E-state index is 5.62. The van der Waals surface area contributed by atoms with Crippen LogP contribution in [0.4, 0.5) is 0 Å². The molecule has 0 aromatic carbocycles. The third-order valence-electron chi connectivity index (χ3n) is 3.40. The van der Waals surface area contributed by atoms with Gasteiger partial charge in [-0.25, -0.2) is 0 Å². The lowest BCUT2D eigenvalue weighted by Gasteiger charge is -2.25. The highest BCUT2D eigenvalue weighted by Crippen LogP contribution is 2.16. The summed E-state index contributed by atoms with van der Waals surface area (Å²) in [4.78, 5) is 2.51. The van der Waals surface area contributed by atoms with Crippen LogP contribution in [0.25, 0.3) is 0 Å². The molecule has 1 N–H and O–H groups in total. The molecule has 2 heterocycles. The first-order chi connectivity index (χ1) is 8.40. The molecule has 0 bridgehead atoms. The quantitative estimate of drug-likeness (QED) is 0.770. The smallest absolute Gasteiger partial charge is 0.122 e. The average molecular weight is 236 g/mol. The second kappa shape index (κ2) is 6.82. The Balaban J connectivity index is 1.84. The molecule has 0 aliphatic carbocycles. The zero-order valence-electron chi connectivity index (χ0n) is 10.9. The van der Waals surface area contributed by atoms with Gasteiger partial charge >= 0.3 is 0 Å². The Morgan fingerprint density at radius 2 is 2.12 bits per heavy atom. The zero-order valence-corrected chi connectivity index (χ0v) is 10.9. The van der Waals surface area contributed by atoms with Gasteiger partial charge in [0.2, 0.25) is 0 Å². The summed E-state index contributed by atoms with van der Waals surface area (Å²) < 4.78 is 5.62. The van der Waals surface area contributed by atoms with E-state index in [1.807, 2.05) is 6.26 Å². The van der Waals surface area contributed by atoms with Crippen molar-refractivity contribution in [2.24, 2.45) is 0 Å². The van der Waals surface area contributed by atoms with E-state index in [4.69, 9.17) is 4.42 Å². The van der Waals surface area contributed by atoms with E-state index in [0.717, 1.165) is 25.4 Å². The molecule has 0 atom stereocenters. The van der Waals surface area contributed by atoms with Gasteiger partial charge in [0.1, 0.15) is 5.76 Å². The Kier molecular flexibility index (Phi) is 5.08. The number of piperidine rings is 1. The van der Waals surface area contributed by atoms with Crippen molar-refractivity contribution in [2.45, 2.75) is 45.7 Å². The van der Waals surface area contributed by atoms with Crippen molar-refractivity contribution in [1.82, 2.24) is 10.2 Å². The van der Waals surface area contributed by atoms with E-state index in [2.05, 4.69) is 23.2 Å². The van der Waals surface area contributed by atoms with Gasteiger partial charge < -0.3 is 9.73 Å². The molecular weight excluding hydrogens is 212 g/mol. The first-order valence-corrected chi connectivity index (χ1v) is 6.88. The monoisotopic (exact) mass is 236 g/mol. The molecule has 2 rings (SSSR count). The first kappa shape index (κ1) is 12.7. The molecule has 1 aromatic rings. The largest absolute Gasteiger partial charge is 0.468 e. The molecule has 17 heavy (non-hydrogen) atoms. The summed E-state index contributed by atoms with van der Waals surface area (Å²) in [6.45, 7) is 7.64. The minimum Gasteiger partial charge on any atom is -0.468 e. The number of furan rings is 1. The molecule has 0 unspecified atom stereocenters. The standard InChI is InChI=1S/C14H24N2O/c1-2-7-15-11-13-6-10-17-14(13)12-16-8-4-3-5-9-16/h6,10,15H,2-5,7-9,11-12H2,1H3. The van der Waals surface area contributed by atoms with Crippen LogP contribution in [0.3, 0.4) is 0 Å². The molecule has 0 spiro atoms. The second-order valence-electron chi connectivity index (χ2n) is 4.88. The van der Waals surface area contributed by atoms with Gasteiger partial charge in [0.25, 0.3) is 0 Å². The van der Waals surface area contributed by atoms with E-state index in [0.29, 0.717) is 0 Å². The van der Waals surface area contributed by atoms with E-state index < -0.39 is 0 Å². The van der Waals surface area contributed by atoms with Crippen molar-refractivity contribution in [2.75, 3.05) is 19.6 Å². The molecule has 0 radical (unpaired) electrons. The predicted molar refractivity (Wildman–Crippen MR) is 69.8 cm³/mol. The number of hydrogen-bond acceptors (Lipinski definition) is 3. The summed E-state index contributed by atoms with van der Waals surface area (Å²) in [5, 5.41) is 3.44. The Hall–Kier alpha value is -0.800. The van der Waals surface area contributed by atoms with Gasteiger partial charge in [-0.15, -0.1) is 0 Å². The second-order valence-corrected chi connectivity index (χ2v) is 4.88. The summed E-state index contributed by atoms with van der Waals surface area (Å²) >= 11 is 0. The van der Waals surface area contributed by atoms with Crippen LogP contribution >= 0.6 is 0 Å². The summed E-state index contributed by atoms with van der Waals surface area (Å²) in [6.07, 6.45) is 7.06. The third kappa shape index (κ3) is 3.86. The summed E-state index contributed by atoms with van der Waals surface area (Å²) in [5.41, 5.74) is 1.32. The van der Waals surface area contributed by atoms with E-state index in [1.165, 1.54) is 44.3 Å². The highest BCUT2D eigenvalue weighted by molar-refractivity contribution is 5.16. The zero-order chi connectivity index (χ0) is 11.9. The Labute approximate surface area is 104 Å². The Morgan fingerprint density at radius 3 is 2.88 bits per heavy atom. The van der Waals surface area contributed by atoms with Crippen molar-refractivity contribution in [3.63, 3.8) is 0 Å². The van der Waals surface area contributed by atoms with Gasteiger partial charge in [-0.3, -0.25) is 4.90 Å². The van der Waals surface area contributed by atoms with E-state index in [-0.39, 0.29) is 0 Å². The van der Waals surface area contributed by atoms with Crippen LogP contribution in [-0.4, -0.2) is 24.5 Å². The molecule has 1 aromatic heterocycles. The third-order valence-corrected chi connectivity index (χ3v) is 3.40. The van der Waals surface area contributed by atoms with Crippen LogP contribution < -0.4 is 5.32 Å². The average Bonchev–Trinajstić information content (AvgIpc) is 2.79. The van der Waals surface area contributed by atoms with E-state index in [9.17, 15) is 0 Å². The fraction of sp³-hybridized carbons (Fsp3) is 0.714. The molecule has 1 aliphatic heterocycles. The number of rotatable bonds is 6. The number of likely N-dealkylation sites (tertiary alicyclic amines) is 1. The number of nitrogens with zero attached hydrogens (tertiary/aromatic N) is 1. The molecule has 1 aliphatic rings. The fourth-order valence-corrected chi connectivity index (χ4v) is 2.38. The van der Waals surface area contributed by atoms with Crippen molar-refractivity contribution >= 4 is 0 Å². The van der Waals surface area contributed by atoms with Crippen molar-refractivity contribution in [1.29, 1.82) is 0 Å². The number of hydrogen-bond donors (Lipinski definition) is 1. The molecule has 3 nitrogen and oxygen atoms in total. The van der Waals surface area contributed by atoms with Gasteiger partial charge in [0.05, 0.1) is 12.8 Å². The fourth-order valence-electron chi connectivity index (χ4n) is 2.38. The van der Waals surface area contributed by atoms with Crippen molar-refractivity contribution in [3.05, 3.63) is 23.7 Å². The topological polar surface area (TPSA) is 28.4 Å². The normalized spacial score (nSPS) is 17.5. The lowest BCUT2D eigenvalue weighted by molar-refractivity contribution is 0.204. The summed E-state index contributed by atoms with van der Waals surface area (Å²) in [7, 11) is 0. The van der Waals surface area contributed by atoms with Crippen molar-refractivity contribution in [3.8, 4) is 0 Å². The molecule has 0 saturated carbocycles. The highest BCUT2D eigenvalue weighted by Gasteiger charge is 2.14. The summed E-state index contributed by atoms with van der Waals surface area (Å²) in [5.74, 6) is 1.15. The maximum absolute atomic E-state index is 5.62. The number of nitrogens with one attached hydrogen (secondary N) is 1. The molecule has 0 amide bonds. The molecule has 96 valence electrons.